The molecule has 3 N–H and O–H groups in total. The van der Waals surface area contributed by atoms with Gasteiger partial charge in [-0.1, -0.05) is 32.3 Å². The quantitative estimate of drug-likeness (QED) is 0.758. The van der Waals surface area contributed by atoms with Crippen molar-refractivity contribution in [1.29, 1.82) is 0 Å². The number of primary sulfonamides is 1. The second kappa shape index (κ2) is 7.40. The van der Waals surface area contributed by atoms with Crippen LogP contribution in [-0.4, -0.2) is 14.3 Å². The summed E-state index contributed by atoms with van der Waals surface area (Å²) >= 11 is 0. The van der Waals surface area contributed by atoms with E-state index in [2.05, 4.69) is 12.2 Å². The van der Waals surface area contributed by atoms with E-state index in [-0.39, 0.29) is 10.8 Å². The van der Waals surface area contributed by atoms with E-state index in [1.165, 1.54) is 6.07 Å². The first kappa shape index (κ1) is 16.7. The lowest BCUT2D eigenvalue weighted by atomic mass is 10.1. The highest BCUT2D eigenvalue weighted by atomic mass is 32.2. The number of carbonyl (C=O) groups is 1. The Morgan fingerprint density at radius 3 is 2.55 bits per heavy atom. The fourth-order valence-electron chi connectivity index (χ4n) is 1.92. The van der Waals surface area contributed by atoms with Gasteiger partial charge in [0.15, 0.2) is 0 Å². The molecule has 0 aliphatic heterocycles. The Bertz CT molecular complexity index is 568. The lowest BCUT2D eigenvalue weighted by Crippen LogP contribution is -2.15. The van der Waals surface area contributed by atoms with E-state index in [0.717, 1.165) is 25.7 Å². The molecule has 0 heterocycles. The van der Waals surface area contributed by atoms with E-state index in [1.54, 1.807) is 19.1 Å². The van der Waals surface area contributed by atoms with Crippen molar-refractivity contribution in [2.24, 2.45) is 5.14 Å². The largest absolute Gasteiger partial charge is 0.326 e. The van der Waals surface area contributed by atoms with Gasteiger partial charge in [-0.3, -0.25) is 4.79 Å². The average Bonchev–Trinajstić information content (AvgIpc) is 2.36. The number of hydrogen-bond donors (Lipinski definition) is 2. The smallest absolute Gasteiger partial charge is 0.238 e. The minimum atomic E-state index is -3.77. The van der Waals surface area contributed by atoms with Crippen molar-refractivity contribution < 1.29 is 13.2 Å². The van der Waals surface area contributed by atoms with Gasteiger partial charge < -0.3 is 5.32 Å². The average molecular weight is 298 g/mol. The summed E-state index contributed by atoms with van der Waals surface area (Å²) in [6, 6.07) is 4.70. The third kappa shape index (κ3) is 5.30. The van der Waals surface area contributed by atoms with Crippen LogP contribution in [0.15, 0.2) is 23.1 Å². The van der Waals surface area contributed by atoms with E-state index in [1.807, 2.05) is 0 Å². The second-order valence-electron chi connectivity index (χ2n) is 4.88. The molecule has 5 nitrogen and oxygen atoms in total. The Hall–Kier alpha value is -1.40. The highest BCUT2D eigenvalue weighted by Gasteiger charge is 2.13. The Labute approximate surface area is 120 Å². The maximum absolute atomic E-state index is 11.7. The zero-order valence-corrected chi connectivity index (χ0v) is 12.8. The minimum Gasteiger partial charge on any atom is -0.326 e. The first-order valence-electron chi connectivity index (χ1n) is 6.78. The number of benzene rings is 1. The van der Waals surface area contributed by atoms with Crippen LogP contribution < -0.4 is 10.5 Å². The molecule has 0 aliphatic rings. The lowest BCUT2D eigenvalue weighted by Gasteiger charge is -2.09. The van der Waals surface area contributed by atoms with Crippen molar-refractivity contribution in [3.05, 3.63) is 23.8 Å². The molecule has 0 radical (unpaired) electrons. The summed E-state index contributed by atoms with van der Waals surface area (Å²) in [6.07, 6.45) is 4.55. The van der Waals surface area contributed by atoms with Gasteiger partial charge in [-0.2, -0.15) is 0 Å². The van der Waals surface area contributed by atoms with Crippen molar-refractivity contribution in [2.75, 3.05) is 5.32 Å². The third-order valence-corrected chi connectivity index (χ3v) is 4.09. The van der Waals surface area contributed by atoms with Crippen molar-refractivity contribution in [3.8, 4) is 0 Å². The second-order valence-corrected chi connectivity index (χ2v) is 6.41. The van der Waals surface area contributed by atoms with Crippen LogP contribution in [0.4, 0.5) is 5.69 Å². The summed E-state index contributed by atoms with van der Waals surface area (Å²) in [7, 11) is -3.77. The van der Waals surface area contributed by atoms with Gasteiger partial charge in [0.05, 0.1) is 4.90 Å². The minimum absolute atomic E-state index is 0.0429. The van der Waals surface area contributed by atoms with Crippen LogP contribution in [0, 0.1) is 6.92 Å². The number of nitrogens with two attached hydrogens (primary N) is 1. The maximum Gasteiger partial charge on any atom is 0.238 e. The number of aryl methyl sites for hydroxylation is 1. The van der Waals surface area contributed by atoms with Crippen LogP contribution in [0.5, 0.6) is 0 Å². The van der Waals surface area contributed by atoms with Crippen LogP contribution in [0.3, 0.4) is 0 Å². The van der Waals surface area contributed by atoms with Gasteiger partial charge in [0.2, 0.25) is 15.9 Å². The summed E-state index contributed by atoms with van der Waals surface area (Å²) in [6.45, 7) is 3.78. The molecule has 20 heavy (non-hydrogen) atoms. The fraction of sp³-hybridized carbons (Fsp3) is 0.500. The Kier molecular flexibility index (Phi) is 6.16. The van der Waals surface area contributed by atoms with Gasteiger partial charge in [-0.05, 0) is 31.0 Å². The Morgan fingerprint density at radius 1 is 1.25 bits per heavy atom. The zero-order valence-electron chi connectivity index (χ0n) is 12.0. The summed E-state index contributed by atoms with van der Waals surface area (Å²) in [5.41, 5.74) is 1.02. The van der Waals surface area contributed by atoms with Crippen molar-refractivity contribution in [2.45, 2.75) is 50.8 Å². The molecule has 0 fully saturated rings. The first-order chi connectivity index (χ1) is 9.34. The van der Waals surface area contributed by atoms with E-state index in [4.69, 9.17) is 5.14 Å². The Balaban J connectivity index is 2.67. The van der Waals surface area contributed by atoms with Gasteiger partial charge in [0.25, 0.3) is 0 Å². The van der Waals surface area contributed by atoms with Crippen LogP contribution in [0.25, 0.3) is 0 Å². The summed E-state index contributed by atoms with van der Waals surface area (Å²) in [4.78, 5) is 11.8. The number of amides is 1. The number of nitrogens with one attached hydrogen (secondary N) is 1. The standard InChI is InChI=1S/C14H22N2O3S/c1-3-4-5-6-7-14(17)16-12-9-8-11(2)13(10-12)20(15,18)19/h8-10H,3-7H2,1-2H3,(H,16,17)(H2,15,18,19). The molecule has 1 aromatic rings. The number of rotatable bonds is 7. The molecule has 0 aliphatic carbocycles. The van der Waals surface area contributed by atoms with Crippen LogP contribution in [-0.2, 0) is 14.8 Å². The lowest BCUT2D eigenvalue weighted by molar-refractivity contribution is -0.116. The molecule has 1 aromatic carbocycles. The molecule has 0 bridgehead atoms. The monoisotopic (exact) mass is 298 g/mol. The maximum atomic E-state index is 11.7. The van der Waals surface area contributed by atoms with Crippen molar-refractivity contribution in [1.82, 2.24) is 0 Å². The SMILES string of the molecule is CCCCCCC(=O)Nc1ccc(C)c(S(N)(=O)=O)c1. The van der Waals surface area contributed by atoms with E-state index in [9.17, 15) is 13.2 Å². The number of anilines is 1. The molecule has 1 rings (SSSR count). The Morgan fingerprint density at radius 2 is 1.95 bits per heavy atom. The topological polar surface area (TPSA) is 89.3 Å². The van der Waals surface area contributed by atoms with Crippen LogP contribution in [0.2, 0.25) is 0 Å². The summed E-state index contributed by atoms with van der Waals surface area (Å²) < 4.78 is 22.8. The fourth-order valence-corrected chi connectivity index (χ4v) is 2.73. The number of sulfonamides is 1. The highest BCUT2D eigenvalue weighted by molar-refractivity contribution is 7.89. The molecule has 6 heteroatoms. The predicted octanol–water partition coefficient (Wildman–Crippen LogP) is 2.55. The summed E-state index contributed by atoms with van der Waals surface area (Å²) in [5.74, 6) is -0.106. The summed E-state index contributed by atoms with van der Waals surface area (Å²) in [5, 5.41) is 7.83. The highest BCUT2D eigenvalue weighted by Crippen LogP contribution is 2.19. The molecule has 0 saturated carbocycles. The van der Waals surface area contributed by atoms with Crippen molar-refractivity contribution >= 4 is 21.6 Å². The molecule has 0 spiro atoms. The molecule has 0 atom stereocenters. The molecule has 112 valence electrons. The molecular weight excluding hydrogens is 276 g/mol. The van der Waals surface area contributed by atoms with E-state index < -0.39 is 10.0 Å². The third-order valence-electron chi connectivity index (χ3n) is 3.04. The van der Waals surface area contributed by atoms with Gasteiger partial charge in [-0.15, -0.1) is 0 Å². The van der Waals surface area contributed by atoms with Crippen LogP contribution in [0.1, 0.15) is 44.6 Å². The molecular formula is C14H22N2O3S. The predicted molar refractivity (Wildman–Crippen MR) is 79.9 cm³/mol. The number of carbonyl (C=O) groups excluding carboxylic acids is 1. The first-order valence-corrected chi connectivity index (χ1v) is 8.32. The zero-order chi connectivity index (χ0) is 15.2. The molecule has 0 saturated heterocycles. The van der Waals surface area contributed by atoms with Gasteiger partial charge >= 0.3 is 0 Å². The van der Waals surface area contributed by atoms with Gasteiger partial charge in [-0.25, -0.2) is 13.6 Å². The normalized spacial score (nSPS) is 11.3. The molecule has 0 unspecified atom stereocenters. The van der Waals surface area contributed by atoms with Gasteiger partial charge in [0, 0.05) is 12.1 Å². The van der Waals surface area contributed by atoms with E-state index >= 15 is 0 Å². The van der Waals surface area contributed by atoms with Crippen LogP contribution >= 0.6 is 0 Å². The molecule has 0 aromatic heterocycles. The number of unbranched alkanes of at least 4 members (excludes halogenated alkanes) is 3. The van der Waals surface area contributed by atoms with E-state index in [0.29, 0.717) is 17.7 Å². The van der Waals surface area contributed by atoms with Crippen molar-refractivity contribution in [3.63, 3.8) is 0 Å². The van der Waals surface area contributed by atoms with Gasteiger partial charge in [0.1, 0.15) is 0 Å². The molecule has 1 amide bonds. The number of hydrogen-bond acceptors (Lipinski definition) is 3.